The van der Waals surface area contributed by atoms with Crippen LogP contribution in [-0.2, 0) is 21.4 Å². The number of hydrogen-bond acceptors (Lipinski definition) is 3. The van der Waals surface area contributed by atoms with Crippen molar-refractivity contribution in [3.8, 4) is 0 Å². The van der Waals surface area contributed by atoms with E-state index in [2.05, 4.69) is 21.2 Å². The summed E-state index contributed by atoms with van der Waals surface area (Å²) in [4.78, 5) is 12.5. The Morgan fingerprint density at radius 3 is 2.19 bits per heavy atom. The highest BCUT2D eigenvalue weighted by Crippen LogP contribution is 2.23. The Morgan fingerprint density at radius 1 is 0.938 bits per heavy atom. The molecule has 0 heterocycles. The van der Waals surface area contributed by atoms with E-state index in [0.717, 1.165) is 15.9 Å². The van der Waals surface area contributed by atoms with Crippen molar-refractivity contribution in [1.29, 1.82) is 0 Å². The number of aryl methyl sites for hydroxylation is 1. The number of halogens is 4. The monoisotopic (exact) mass is 526 g/mol. The van der Waals surface area contributed by atoms with Gasteiger partial charge in [0.25, 0.3) is 0 Å². The van der Waals surface area contributed by atoms with Crippen molar-refractivity contribution >= 4 is 37.5 Å². The van der Waals surface area contributed by atoms with Crippen LogP contribution in [0.3, 0.4) is 0 Å². The summed E-state index contributed by atoms with van der Waals surface area (Å²) in [5.41, 5.74) is 1.01. The fraction of sp³-hybridized carbons (Fsp3) is 0.136. The standard InChI is InChI=1S/C22H18BrF3N2O3S/c1-14-2-4-15(5-3-14)12-28(32(30,31)17-8-6-16(23)7-9-17)13-20(29)27-19-11-10-18(24)21(25)22(19)26/h2-11H,12-13H2,1H3,(H,27,29). The Hall–Kier alpha value is -2.69. The average Bonchev–Trinajstić information content (AvgIpc) is 2.75. The molecule has 0 bridgehead atoms. The summed E-state index contributed by atoms with van der Waals surface area (Å²) in [6.07, 6.45) is 0. The maximum absolute atomic E-state index is 13.9. The second-order valence-corrected chi connectivity index (χ2v) is 9.84. The number of amides is 1. The SMILES string of the molecule is Cc1ccc(CN(CC(=O)Nc2ccc(F)c(F)c2F)S(=O)(=O)c2ccc(Br)cc2)cc1. The van der Waals surface area contributed by atoms with Gasteiger partial charge >= 0.3 is 0 Å². The summed E-state index contributed by atoms with van der Waals surface area (Å²) in [6, 6.07) is 14.5. The highest BCUT2D eigenvalue weighted by molar-refractivity contribution is 9.10. The Balaban J connectivity index is 1.89. The van der Waals surface area contributed by atoms with E-state index < -0.39 is 45.6 Å². The van der Waals surface area contributed by atoms with Crippen molar-refractivity contribution in [3.05, 3.63) is 93.7 Å². The molecule has 0 aliphatic carbocycles. The second kappa shape index (κ2) is 9.85. The van der Waals surface area contributed by atoms with Crippen LogP contribution in [-0.4, -0.2) is 25.2 Å². The predicted octanol–water partition coefficient (Wildman–Crippen LogP) is 5.00. The van der Waals surface area contributed by atoms with E-state index in [4.69, 9.17) is 0 Å². The molecule has 0 aliphatic rings. The molecule has 0 aromatic heterocycles. The number of rotatable bonds is 7. The molecule has 168 valence electrons. The Kier molecular flexibility index (Phi) is 7.37. The van der Waals surface area contributed by atoms with Crippen molar-refractivity contribution in [2.45, 2.75) is 18.4 Å². The first-order chi connectivity index (χ1) is 15.1. The van der Waals surface area contributed by atoms with Crippen LogP contribution in [0.1, 0.15) is 11.1 Å². The van der Waals surface area contributed by atoms with Crippen LogP contribution in [0, 0.1) is 24.4 Å². The molecule has 0 saturated carbocycles. The summed E-state index contributed by atoms with van der Waals surface area (Å²) in [5.74, 6) is -5.62. The second-order valence-electron chi connectivity index (χ2n) is 6.98. The number of nitrogens with zero attached hydrogens (tertiary/aromatic N) is 1. The van der Waals surface area contributed by atoms with Gasteiger partial charge in [0, 0.05) is 11.0 Å². The van der Waals surface area contributed by atoms with Crippen LogP contribution in [0.5, 0.6) is 0 Å². The minimum Gasteiger partial charge on any atom is -0.322 e. The molecule has 0 aliphatic heterocycles. The normalized spacial score (nSPS) is 11.6. The quantitative estimate of drug-likeness (QED) is 0.440. The zero-order valence-electron chi connectivity index (χ0n) is 16.8. The van der Waals surface area contributed by atoms with Crippen molar-refractivity contribution in [2.24, 2.45) is 0 Å². The molecule has 3 aromatic carbocycles. The molecule has 0 spiro atoms. The molecule has 3 aromatic rings. The van der Waals surface area contributed by atoms with Crippen LogP contribution >= 0.6 is 15.9 Å². The summed E-state index contributed by atoms with van der Waals surface area (Å²) in [7, 11) is -4.11. The van der Waals surface area contributed by atoms with Crippen LogP contribution in [0.25, 0.3) is 0 Å². The molecule has 0 atom stereocenters. The van der Waals surface area contributed by atoms with Gasteiger partial charge in [0.2, 0.25) is 15.9 Å². The largest absolute Gasteiger partial charge is 0.322 e. The topological polar surface area (TPSA) is 66.5 Å². The minimum absolute atomic E-state index is 0.0420. The summed E-state index contributed by atoms with van der Waals surface area (Å²) < 4.78 is 68.5. The third-order valence-corrected chi connectivity index (χ3v) is 6.89. The Bertz CT molecular complexity index is 1230. The lowest BCUT2D eigenvalue weighted by molar-refractivity contribution is -0.116. The van der Waals surface area contributed by atoms with E-state index in [-0.39, 0.29) is 11.4 Å². The van der Waals surface area contributed by atoms with Gasteiger partial charge in [-0.05, 0) is 48.9 Å². The van der Waals surface area contributed by atoms with E-state index in [1.165, 1.54) is 12.1 Å². The zero-order valence-corrected chi connectivity index (χ0v) is 19.2. The lowest BCUT2D eigenvalue weighted by Crippen LogP contribution is -2.37. The third-order valence-electron chi connectivity index (χ3n) is 4.56. The van der Waals surface area contributed by atoms with Crippen LogP contribution < -0.4 is 5.32 Å². The number of carbonyl (C=O) groups excluding carboxylic acids is 1. The molecule has 10 heteroatoms. The maximum atomic E-state index is 13.9. The predicted molar refractivity (Wildman–Crippen MR) is 118 cm³/mol. The molecule has 5 nitrogen and oxygen atoms in total. The summed E-state index contributed by atoms with van der Waals surface area (Å²) >= 11 is 3.24. The number of hydrogen-bond donors (Lipinski definition) is 1. The first-order valence-electron chi connectivity index (χ1n) is 9.32. The Labute approximate surface area is 192 Å². The van der Waals surface area contributed by atoms with Gasteiger partial charge in [-0.1, -0.05) is 45.8 Å². The van der Waals surface area contributed by atoms with Crippen LogP contribution in [0.4, 0.5) is 18.9 Å². The van der Waals surface area contributed by atoms with Crippen molar-refractivity contribution < 1.29 is 26.4 Å². The Morgan fingerprint density at radius 2 is 1.56 bits per heavy atom. The number of carbonyl (C=O) groups is 1. The van der Waals surface area contributed by atoms with Crippen molar-refractivity contribution in [3.63, 3.8) is 0 Å². The van der Waals surface area contributed by atoms with Gasteiger partial charge in [0.05, 0.1) is 17.1 Å². The van der Waals surface area contributed by atoms with Gasteiger partial charge in [0.15, 0.2) is 17.5 Å². The average molecular weight is 527 g/mol. The smallest absolute Gasteiger partial charge is 0.243 e. The number of nitrogens with one attached hydrogen (secondary N) is 1. The highest BCUT2D eigenvalue weighted by atomic mass is 79.9. The molecule has 0 unspecified atom stereocenters. The molecule has 0 radical (unpaired) electrons. The fourth-order valence-corrected chi connectivity index (χ4v) is 4.50. The minimum atomic E-state index is -4.11. The molecule has 32 heavy (non-hydrogen) atoms. The van der Waals surface area contributed by atoms with E-state index >= 15 is 0 Å². The maximum Gasteiger partial charge on any atom is 0.243 e. The molecule has 0 fully saturated rings. The van der Waals surface area contributed by atoms with Gasteiger partial charge < -0.3 is 5.32 Å². The first kappa shape index (κ1) is 24.0. The van der Waals surface area contributed by atoms with Crippen LogP contribution in [0.15, 0.2) is 70.0 Å². The number of sulfonamides is 1. The lowest BCUT2D eigenvalue weighted by atomic mass is 10.1. The van der Waals surface area contributed by atoms with E-state index in [0.29, 0.717) is 16.1 Å². The highest BCUT2D eigenvalue weighted by Gasteiger charge is 2.27. The van der Waals surface area contributed by atoms with Gasteiger partial charge in [0.1, 0.15) is 0 Å². The van der Waals surface area contributed by atoms with Crippen LogP contribution in [0.2, 0.25) is 0 Å². The van der Waals surface area contributed by atoms with E-state index in [1.54, 1.807) is 36.4 Å². The molecule has 0 saturated heterocycles. The van der Waals surface area contributed by atoms with Gasteiger partial charge in [-0.2, -0.15) is 4.31 Å². The number of anilines is 1. The first-order valence-corrected chi connectivity index (χ1v) is 11.6. The summed E-state index contributed by atoms with van der Waals surface area (Å²) in [6.45, 7) is 1.07. The van der Waals surface area contributed by atoms with Crippen molar-refractivity contribution in [2.75, 3.05) is 11.9 Å². The molecule has 1 N–H and O–H groups in total. The fourth-order valence-electron chi connectivity index (χ4n) is 2.85. The number of benzene rings is 3. The van der Waals surface area contributed by atoms with Crippen molar-refractivity contribution in [1.82, 2.24) is 4.31 Å². The zero-order chi connectivity index (χ0) is 23.5. The van der Waals surface area contributed by atoms with E-state index in [1.807, 2.05) is 6.92 Å². The molecule has 1 amide bonds. The molecular formula is C22H18BrF3N2O3S. The molecule has 3 rings (SSSR count). The molecular weight excluding hydrogens is 509 g/mol. The van der Waals surface area contributed by atoms with Gasteiger partial charge in [-0.25, -0.2) is 21.6 Å². The third kappa shape index (κ3) is 5.56. The lowest BCUT2D eigenvalue weighted by Gasteiger charge is -2.22. The van der Waals surface area contributed by atoms with Gasteiger partial charge in [-0.3, -0.25) is 4.79 Å². The summed E-state index contributed by atoms with van der Waals surface area (Å²) in [5, 5.41) is 2.10. The van der Waals surface area contributed by atoms with E-state index in [9.17, 15) is 26.4 Å². The van der Waals surface area contributed by atoms with Gasteiger partial charge in [-0.15, -0.1) is 0 Å².